The number of nitrogens with zero attached hydrogens (tertiary/aromatic N) is 5. The van der Waals surface area contributed by atoms with Gasteiger partial charge in [-0.1, -0.05) is 0 Å². The third-order valence-electron chi connectivity index (χ3n) is 7.88. The number of aliphatic hydroxyl groups is 3. The average Bonchev–Trinajstić information content (AvgIpc) is 3.35. The Bertz CT molecular complexity index is 914. The molecule has 1 aromatic heterocycles. The lowest BCUT2D eigenvalue weighted by molar-refractivity contribution is 0.00968. The zero-order valence-electron chi connectivity index (χ0n) is 19.5. The number of fused-ring (bicyclic) bond motifs is 2. The third-order valence-corrected chi connectivity index (χ3v) is 7.88. The minimum atomic E-state index is -1.09. The van der Waals surface area contributed by atoms with Gasteiger partial charge in [0.25, 0.3) is 0 Å². The predicted octanol–water partition coefficient (Wildman–Crippen LogP) is 0.197. The van der Waals surface area contributed by atoms with Gasteiger partial charge in [0.05, 0.1) is 12.2 Å². The van der Waals surface area contributed by atoms with Gasteiger partial charge in [-0.05, 0) is 50.9 Å². The van der Waals surface area contributed by atoms with Crippen LogP contribution in [0.5, 0.6) is 0 Å². The van der Waals surface area contributed by atoms with Crippen molar-refractivity contribution >= 4 is 17.3 Å². The molecular formula is C23H35N7O4. The van der Waals surface area contributed by atoms with Crippen molar-refractivity contribution in [3.63, 3.8) is 0 Å². The maximum absolute atomic E-state index is 10.7. The molecule has 1 aromatic rings. The number of anilines is 3. The zero-order chi connectivity index (χ0) is 23.8. The Balaban J connectivity index is 1.42. The van der Waals surface area contributed by atoms with Crippen molar-refractivity contribution in [1.82, 2.24) is 15.3 Å². The highest BCUT2D eigenvalue weighted by Gasteiger charge is 2.49. The van der Waals surface area contributed by atoms with Gasteiger partial charge in [-0.25, -0.2) is 9.97 Å². The van der Waals surface area contributed by atoms with Crippen LogP contribution in [0.25, 0.3) is 0 Å². The molecule has 0 aromatic carbocycles. The SMILES string of the molecule is C[C@H]1O[C@@H](N2c3ncnc(N4CCC5CCC(C#N)CC5C4)c3NC2NCCCO)[C@H](O)[C@@H]1O. The zero-order valence-corrected chi connectivity index (χ0v) is 19.5. The average molecular weight is 474 g/mol. The number of hydrogen-bond acceptors (Lipinski definition) is 11. The topological polar surface area (TPSA) is 150 Å². The van der Waals surface area contributed by atoms with E-state index in [0.29, 0.717) is 30.6 Å². The highest BCUT2D eigenvalue weighted by molar-refractivity contribution is 5.83. The molecule has 1 saturated carbocycles. The molecule has 11 heteroatoms. The monoisotopic (exact) mass is 473 g/mol. The summed E-state index contributed by atoms with van der Waals surface area (Å²) in [4.78, 5) is 13.3. The van der Waals surface area contributed by atoms with Gasteiger partial charge in [0, 0.05) is 32.2 Å². The van der Waals surface area contributed by atoms with Crippen molar-refractivity contribution in [1.29, 1.82) is 5.26 Å². The lowest BCUT2D eigenvalue weighted by atomic mass is 9.71. The summed E-state index contributed by atoms with van der Waals surface area (Å²) in [6.45, 7) is 4.10. The van der Waals surface area contributed by atoms with Crippen LogP contribution < -0.4 is 20.4 Å². The molecule has 11 nitrogen and oxygen atoms in total. The van der Waals surface area contributed by atoms with Gasteiger partial charge in [-0.3, -0.25) is 10.2 Å². The van der Waals surface area contributed by atoms with E-state index in [2.05, 4.69) is 31.6 Å². The molecule has 4 heterocycles. The van der Waals surface area contributed by atoms with Gasteiger partial charge in [0.1, 0.15) is 24.2 Å². The van der Waals surface area contributed by atoms with Crippen molar-refractivity contribution in [3.05, 3.63) is 6.33 Å². The van der Waals surface area contributed by atoms with E-state index in [4.69, 9.17) is 4.74 Å². The number of nitriles is 1. The lowest BCUT2D eigenvalue weighted by Crippen LogP contribution is -2.55. The minimum Gasteiger partial charge on any atom is -0.396 e. The summed E-state index contributed by atoms with van der Waals surface area (Å²) in [6, 6.07) is 2.46. The molecule has 2 saturated heterocycles. The summed E-state index contributed by atoms with van der Waals surface area (Å²) in [6.07, 6.45) is 2.43. The number of aliphatic hydroxyl groups excluding tert-OH is 3. The highest BCUT2D eigenvalue weighted by Crippen LogP contribution is 2.45. The molecule has 5 N–H and O–H groups in total. The van der Waals surface area contributed by atoms with Crippen molar-refractivity contribution in [2.75, 3.05) is 41.4 Å². The second-order valence-corrected chi connectivity index (χ2v) is 9.99. The summed E-state index contributed by atoms with van der Waals surface area (Å²) < 4.78 is 5.94. The Kier molecular flexibility index (Phi) is 6.77. The molecule has 186 valence electrons. The van der Waals surface area contributed by atoms with Crippen LogP contribution in [0.4, 0.5) is 17.3 Å². The Morgan fingerprint density at radius 3 is 2.76 bits per heavy atom. The van der Waals surface area contributed by atoms with E-state index in [1.54, 1.807) is 6.92 Å². The molecule has 3 aliphatic heterocycles. The van der Waals surface area contributed by atoms with Crippen LogP contribution in [0.3, 0.4) is 0 Å². The molecule has 0 spiro atoms. The first-order valence-electron chi connectivity index (χ1n) is 12.4. The van der Waals surface area contributed by atoms with Crippen LogP contribution in [0.2, 0.25) is 0 Å². The number of aromatic nitrogens is 2. The van der Waals surface area contributed by atoms with Crippen LogP contribution in [0.1, 0.15) is 39.0 Å². The van der Waals surface area contributed by atoms with Gasteiger partial charge in [-0.2, -0.15) is 5.26 Å². The standard InChI is InChI=1S/C23H35N7O4/c1-13-18(32)19(33)22(34-13)30-21-17(28-23(30)25-6-2-8-31)20(26-12-27-21)29-7-5-15-4-3-14(10-24)9-16(15)11-29/h12-16,18-19,22-23,25,28,31-33H,2-9,11H2,1H3/t13-,14?,15?,16?,18-,19-,22-,23?/m1/s1. The molecule has 0 bridgehead atoms. The summed E-state index contributed by atoms with van der Waals surface area (Å²) in [5.74, 6) is 2.70. The first-order valence-corrected chi connectivity index (χ1v) is 12.4. The first-order chi connectivity index (χ1) is 16.5. The fourth-order valence-corrected chi connectivity index (χ4v) is 5.99. The van der Waals surface area contributed by atoms with Crippen LogP contribution >= 0.6 is 0 Å². The minimum absolute atomic E-state index is 0.0655. The molecule has 8 atom stereocenters. The van der Waals surface area contributed by atoms with E-state index in [1.807, 2.05) is 4.90 Å². The summed E-state index contributed by atoms with van der Waals surface area (Å²) in [7, 11) is 0. The van der Waals surface area contributed by atoms with Gasteiger partial charge in [-0.15, -0.1) is 0 Å². The number of nitrogens with one attached hydrogen (secondary N) is 2. The fourth-order valence-electron chi connectivity index (χ4n) is 5.99. The summed E-state index contributed by atoms with van der Waals surface area (Å²) in [5, 5.41) is 46.5. The molecule has 4 aliphatic rings. The highest BCUT2D eigenvalue weighted by atomic mass is 16.6. The maximum atomic E-state index is 10.7. The molecule has 5 rings (SSSR count). The van der Waals surface area contributed by atoms with E-state index in [1.165, 1.54) is 6.33 Å². The normalized spacial score (nSPS) is 37.1. The van der Waals surface area contributed by atoms with Crippen molar-refractivity contribution in [2.45, 2.75) is 69.9 Å². The lowest BCUT2D eigenvalue weighted by Gasteiger charge is -2.43. The van der Waals surface area contributed by atoms with Gasteiger partial charge in [0.15, 0.2) is 24.2 Å². The molecule has 3 fully saturated rings. The van der Waals surface area contributed by atoms with E-state index < -0.39 is 30.8 Å². The molecule has 4 unspecified atom stereocenters. The van der Waals surface area contributed by atoms with Gasteiger partial charge in [0.2, 0.25) is 0 Å². The van der Waals surface area contributed by atoms with Gasteiger partial charge >= 0.3 is 0 Å². The van der Waals surface area contributed by atoms with Crippen LogP contribution in [0.15, 0.2) is 6.33 Å². The number of hydrogen-bond donors (Lipinski definition) is 5. The summed E-state index contributed by atoms with van der Waals surface area (Å²) >= 11 is 0. The molecule has 0 amide bonds. The first kappa shape index (κ1) is 23.5. The molecular weight excluding hydrogens is 438 g/mol. The Hall–Kier alpha value is -2.23. The van der Waals surface area contributed by atoms with Crippen molar-refractivity contribution in [2.24, 2.45) is 17.8 Å². The number of piperidine rings is 1. The van der Waals surface area contributed by atoms with Crippen LogP contribution in [-0.2, 0) is 4.74 Å². The second-order valence-electron chi connectivity index (χ2n) is 9.99. The summed E-state index contributed by atoms with van der Waals surface area (Å²) in [5.41, 5.74) is 0.764. The fraction of sp³-hybridized carbons (Fsp3) is 0.783. The maximum Gasteiger partial charge on any atom is 0.163 e. The third kappa shape index (κ3) is 4.18. The van der Waals surface area contributed by atoms with E-state index in [9.17, 15) is 20.6 Å². The number of rotatable bonds is 6. The van der Waals surface area contributed by atoms with Crippen LogP contribution in [0, 0.1) is 29.1 Å². The Morgan fingerprint density at radius 1 is 1.21 bits per heavy atom. The second kappa shape index (κ2) is 9.79. The smallest absolute Gasteiger partial charge is 0.163 e. The largest absolute Gasteiger partial charge is 0.396 e. The van der Waals surface area contributed by atoms with E-state index in [0.717, 1.165) is 50.3 Å². The Labute approximate surface area is 199 Å². The van der Waals surface area contributed by atoms with E-state index >= 15 is 0 Å². The molecule has 1 aliphatic carbocycles. The van der Waals surface area contributed by atoms with Gasteiger partial charge < -0.3 is 30.3 Å². The van der Waals surface area contributed by atoms with E-state index in [-0.39, 0.29) is 12.5 Å². The molecule has 34 heavy (non-hydrogen) atoms. The Morgan fingerprint density at radius 2 is 2.03 bits per heavy atom. The number of ether oxygens (including phenoxy) is 1. The quantitative estimate of drug-likeness (QED) is 0.360. The molecule has 0 radical (unpaired) electrons. The van der Waals surface area contributed by atoms with Crippen LogP contribution in [-0.4, -0.2) is 82.4 Å². The van der Waals surface area contributed by atoms with Crippen molar-refractivity contribution in [3.8, 4) is 6.07 Å². The van der Waals surface area contributed by atoms with Crippen molar-refractivity contribution < 1.29 is 20.1 Å². The predicted molar refractivity (Wildman–Crippen MR) is 125 cm³/mol.